The zero-order chi connectivity index (χ0) is 16.0. The maximum absolute atomic E-state index is 12.2. The molecule has 0 aliphatic heterocycles. The van der Waals surface area contributed by atoms with Gasteiger partial charge < -0.3 is 15.4 Å². The summed E-state index contributed by atoms with van der Waals surface area (Å²) in [5.74, 6) is -2.44. The minimum absolute atomic E-state index is 0.160. The van der Waals surface area contributed by atoms with Crippen LogP contribution in [0.5, 0.6) is 0 Å². The minimum Gasteiger partial charge on any atom is -0.472 e. The number of aliphatic carboxylic acids is 1. The molecule has 1 unspecified atom stereocenters. The molecular formula is C15H18N2O4. The number of carboxylic acids is 1. The van der Waals surface area contributed by atoms with E-state index in [4.69, 9.17) is 15.4 Å². The first-order chi connectivity index (χ1) is 9.77. The summed E-state index contributed by atoms with van der Waals surface area (Å²) < 4.78 is 5.58. The van der Waals surface area contributed by atoms with E-state index in [1.165, 1.54) is 0 Å². The van der Waals surface area contributed by atoms with Crippen molar-refractivity contribution in [3.63, 3.8) is 0 Å². The molecule has 0 radical (unpaired) electrons. The number of Topliss-reactive ketones (excluding diaryl/α,β-unsaturated/α-hetero) is 1. The Morgan fingerprint density at radius 1 is 1.29 bits per heavy atom. The van der Waals surface area contributed by atoms with Gasteiger partial charge in [0.2, 0.25) is 0 Å². The third-order valence-corrected chi connectivity index (χ3v) is 2.82. The number of carbonyl (C=O) groups excluding carboxylic acids is 1. The standard InChI is InChI=1S/C15H18N2O4/c1-15(2,3)13(12(18)11(17-16)14(19)20)21-9-10-7-5-4-6-8-10/h4-8,13H,9H2,1-3H3,(H,19,20). The molecule has 0 aliphatic rings. The molecule has 0 fully saturated rings. The Balaban J connectivity index is 2.95. The van der Waals surface area contributed by atoms with Crippen LogP contribution in [0.1, 0.15) is 26.3 Å². The predicted molar refractivity (Wildman–Crippen MR) is 75.7 cm³/mol. The third-order valence-electron chi connectivity index (χ3n) is 2.82. The lowest BCUT2D eigenvalue weighted by atomic mass is 9.85. The molecule has 0 saturated carbocycles. The molecule has 6 heteroatoms. The van der Waals surface area contributed by atoms with E-state index in [2.05, 4.69) is 4.79 Å². The van der Waals surface area contributed by atoms with Gasteiger partial charge in [-0.15, -0.1) is 0 Å². The smallest absolute Gasteiger partial charge is 0.444 e. The van der Waals surface area contributed by atoms with Crippen molar-refractivity contribution in [2.45, 2.75) is 33.5 Å². The van der Waals surface area contributed by atoms with Crippen LogP contribution >= 0.6 is 0 Å². The number of ether oxygens (including phenoxy) is 1. The lowest BCUT2D eigenvalue weighted by molar-refractivity contribution is -0.143. The highest BCUT2D eigenvalue weighted by molar-refractivity contribution is 6.62. The second kappa shape index (κ2) is 6.92. The van der Waals surface area contributed by atoms with Gasteiger partial charge in [0.25, 0.3) is 5.78 Å². The molecule has 0 spiro atoms. The molecule has 112 valence electrons. The highest BCUT2D eigenvalue weighted by Crippen LogP contribution is 2.24. The minimum atomic E-state index is -1.58. The molecule has 0 heterocycles. The molecule has 0 amide bonds. The van der Waals surface area contributed by atoms with E-state index in [1.54, 1.807) is 20.8 Å². The van der Waals surface area contributed by atoms with Crippen LogP contribution in [0.4, 0.5) is 0 Å². The Hall–Kier alpha value is -2.30. The third kappa shape index (κ3) is 4.63. The van der Waals surface area contributed by atoms with Gasteiger partial charge in [0.05, 0.1) is 6.61 Å². The SMILES string of the molecule is CC(C)(C)C(OCc1ccccc1)C(=O)C(=[N+]=[N-])C(=O)O. The number of benzene rings is 1. The molecule has 0 saturated heterocycles. The molecule has 1 aromatic rings. The molecule has 0 aliphatic carbocycles. The molecule has 1 aromatic carbocycles. The fourth-order valence-electron chi connectivity index (χ4n) is 1.79. The Bertz CT molecular complexity index is 569. The van der Waals surface area contributed by atoms with Crippen molar-refractivity contribution < 1.29 is 24.2 Å². The van der Waals surface area contributed by atoms with Gasteiger partial charge in [0, 0.05) is 0 Å². The number of hydrogen-bond donors (Lipinski definition) is 1. The van der Waals surface area contributed by atoms with Crippen molar-refractivity contribution in [1.82, 2.24) is 0 Å². The average Bonchev–Trinajstić information content (AvgIpc) is 2.39. The van der Waals surface area contributed by atoms with Crippen LogP contribution in [0.25, 0.3) is 5.53 Å². The van der Waals surface area contributed by atoms with Crippen LogP contribution in [0.2, 0.25) is 0 Å². The fraction of sp³-hybridized carbons (Fsp3) is 0.400. The summed E-state index contributed by atoms with van der Waals surface area (Å²) in [6, 6.07) is 9.21. The Morgan fingerprint density at radius 2 is 1.86 bits per heavy atom. The zero-order valence-corrected chi connectivity index (χ0v) is 12.2. The van der Waals surface area contributed by atoms with E-state index in [1.807, 2.05) is 30.3 Å². The Morgan fingerprint density at radius 3 is 2.29 bits per heavy atom. The summed E-state index contributed by atoms with van der Waals surface area (Å²) in [5.41, 5.74) is 7.99. The van der Waals surface area contributed by atoms with Gasteiger partial charge in [-0.05, 0) is 11.0 Å². The van der Waals surface area contributed by atoms with Gasteiger partial charge in [0.15, 0.2) is 0 Å². The average molecular weight is 290 g/mol. The van der Waals surface area contributed by atoms with Crippen molar-refractivity contribution in [3.05, 3.63) is 41.4 Å². The van der Waals surface area contributed by atoms with Gasteiger partial charge in [-0.2, -0.15) is 4.79 Å². The first-order valence-electron chi connectivity index (χ1n) is 6.42. The lowest BCUT2D eigenvalue weighted by Crippen LogP contribution is -2.43. The summed E-state index contributed by atoms with van der Waals surface area (Å²) >= 11 is 0. The molecule has 1 rings (SSSR count). The number of carbonyl (C=O) groups is 2. The fourth-order valence-corrected chi connectivity index (χ4v) is 1.79. The number of hydrogen-bond acceptors (Lipinski definition) is 3. The normalized spacial score (nSPS) is 12.3. The van der Waals surface area contributed by atoms with Crippen LogP contribution in [-0.4, -0.2) is 33.5 Å². The monoisotopic (exact) mass is 290 g/mol. The quantitative estimate of drug-likeness (QED) is 0.374. The summed E-state index contributed by atoms with van der Waals surface area (Å²) in [4.78, 5) is 25.7. The lowest BCUT2D eigenvalue weighted by Gasteiger charge is -2.27. The van der Waals surface area contributed by atoms with Gasteiger partial charge in [-0.1, -0.05) is 51.1 Å². The van der Waals surface area contributed by atoms with Crippen LogP contribution < -0.4 is 0 Å². The summed E-state index contributed by atoms with van der Waals surface area (Å²) in [7, 11) is 0. The van der Waals surface area contributed by atoms with Crippen LogP contribution in [0.3, 0.4) is 0 Å². The van der Waals surface area contributed by atoms with Crippen LogP contribution in [0.15, 0.2) is 30.3 Å². The van der Waals surface area contributed by atoms with Gasteiger partial charge >= 0.3 is 11.7 Å². The van der Waals surface area contributed by atoms with Crippen LogP contribution in [0, 0.1) is 5.41 Å². The molecule has 1 N–H and O–H groups in total. The number of carboxylic acid groups (broad SMARTS) is 1. The number of rotatable bonds is 6. The summed E-state index contributed by atoms with van der Waals surface area (Å²) in [6.45, 7) is 5.40. The first-order valence-corrected chi connectivity index (χ1v) is 6.42. The van der Waals surface area contributed by atoms with Gasteiger partial charge in [-0.3, -0.25) is 4.79 Å². The molecule has 1 atom stereocenters. The second-order valence-electron chi connectivity index (χ2n) is 5.66. The number of ketones is 1. The Kier molecular flexibility index (Phi) is 5.52. The molecular weight excluding hydrogens is 272 g/mol. The Labute approximate surface area is 123 Å². The predicted octanol–water partition coefficient (Wildman–Crippen LogP) is 1.94. The zero-order valence-electron chi connectivity index (χ0n) is 12.2. The van der Waals surface area contributed by atoms with Crippen molar-refractivity contribution in [1.29, 1.82) is 0 Å². The molecule has 0 aromatic heterocycles. The van der Waals surface area contributed by atoms with E-state index < -0.39 is 29.0 Å². The summed E-state index contributed by atoms with van der Waals surface area (Å²) in [6.07, 6.45) is -1.03. The highest BCUT2D eigenvalue weighted by Gasteiger charge is 2.42. The van der Waals surface area contributed by atoms with E-state index in [0.29, 0.717) is 0 Å². The van der Waals surface area contributed by atoms with Crippen molar-refractivity contribution in [2.75, 3.05) is 0 Å². The van der Waals surface area contributed by atoms with E-state index in [-0.39, 0.29) is 6.61 Å². The van der Waals surface area contributed by atoms with Gasteiger partial charge in [0.1, 0.15) is 6.10 Å². The van der Waals surface area contributed by atoms with Crippen molar-refractivity contribution >= 4 is 17.5 Å². The molecule has 0 bridgehead atoms. The van der Waals surface area contributed by atoms with E-state index >= 15 is 0 Å². The van der Waals surface area contributed by atoms with Crippen LogP contribution in [-0.2, 0) is 20.9 Å². The van der Waals surface area contributed by atoms with E-state index in [9.17, 15) is 9.59 Å². The molecule has 21 heavy (non-hydrogen) atoms. The maximum atomic E-state index is 12.2. The topological polar surface area (TPSA) is 100 Å². The van der Waals surface area contributed by atoms with E-state index in [0.717, 1.165) is 5.56 Å². The van der Waals surface area contributed by atoms with Crippen molar-refractivity contribution in [2.24, 2.45) is 5.41 Å². The number of nitrogens with zero attached hydrogens (tertiary/aromatic N) is 2. The summed E-state index contributed by atoms with van der Waals surface area (Å²) in [5, 5.41) is 8.88. The first kappa shape index (κ1) is 16.8. The highest BCUT2D eigenvalue weighted by atomic mass is 16.5. The maximum Gasteiger partial charge on any atom is 0.444 e. The largest absolute Gasteiger partial charge is 0.472 e. The molecule has 6 nitrogen and oxygen atoms in total. The second-order valence-corrected chi connectivity index (χ2v) is 5.66. The van der Waals surface area contributed by atoms with Gasteiger partial charge in [-0.25, -0.2) is 4.79 Å². The van der Waals surface area contributed by atoms with Crippen molar-refractivity contribution in [3.8, 4) is 0 Å².